The monoisotopic (exact) mass is 594 g/mol. The zero-order valence-electron chi connectivity index (χ0n) is 23.6. The first-order valence-corrected chi connectivity index (χ1v) is 14.5. The average molecular weight is 595 g/mol. The molecular weight excluding hydrogens is 557 g/mol. The number of benzene rings is 2. The van der Waals surface area contributed by atoms with Crippen LogP contribution in [0, 0.1) is 23.4 Å². The zero-order chi connectivity index (χ0) is 30.3. The zero-order valence-corrected chi connectivity index (χ0v) is 24.4. The van der Waals surface area contributed by atoms with Crippen LogP contribution in [0.4, 0.5) is 18.9 Å². The summed E-state index contributed by atoms with van der Waals surface area (Å²) in [5, 5.41) is 5.31. The van der Waals surface area contributed by atoms with Gasteiger partial charge in [0.1, 0.15) is 11.9 Å². The fourth-order valence-electron chi connectivity index (χ4n) is 4.34. The van der Waals surface area contributed by atoms with E-state index < -0.39 is 34.9 Å². The van der Waals surface area contributed by atoms with Gasteiger partial charge in [-0.2, -0.15) is 0 Å². The van der Waals surface area contributed by atoms with E-state index in [0.717, 1.165) is 17.3 Å². The molecule has 8 nitrogen and oxygen atoms in total. The molecule has 3 rings (SSSR count). The molecule has 41 heavy (non-hydrogen) atoms. The normalized spacial score (nSPS) is 16.5. The number of hydrogen-bond donors (Lipinski definition) is 3. The van der Waals surface area contributed by atoms with Crippen LogP contribution in [0.15, 0.2) is 36.4 Å². The van der Waals surface area contributed by atoms with Crippen molar-refractivity contribution in [2.24, 2.45) is 11.7 Å². The topological polar surface area (TPSA) is 114 Å². The highest BCUT2D eigenvalue weighted by atomic mass is 32.2. The first-order valence-electron chi connectivity index (χ1n) is 13.5. The van der Waals surface area contributed by atoms with E-state index in [2.05, 4.69) is 10.6 Å². The molecule has 2 aromatic rings. The summed E-state index contributed by atoms with van der Waals surface area (Å²) in [4.78, 5) is 39.7. The lowest BCUT2D eigenvalue weighted by Gasteiger charge is -2.25. The van der Waals surface area contributed by atoms with E-state index in [1.807, 2.05) is 38.1 Å². The van der Waals surface area contributed by atoms with Crippen molar-refractivity contribution in [1.29, 1.82) is 0 Å². The van der Waals surface area contributed by atoms with Gasteiger partial charge in [0.05, 0.1) is 6.10 Å². The Bertz CT molecular complexity index is 1230. The maximum absolute atomic E-state index is 14.0. The van der Waals surface area contributed by atoms with Gasteiger partial charge in [0.15, 0.2) is 17.0 Å². The summed E-state index contributed by atoms with van der Waals surface area (Å²) in [6, 6.07) is 7.13. The number of esters is 1. The standard InChI is InChI=1S/C29H37F3N4O4S/c1-16(2)26(29(39)40-17(3)4)35-21-7-5-18(6-8-21)15-34-27(38)28-36(9-10-41-28)25(37)13-20(33)11-19-12-23(31)24(32)14-22(19)30/h5-8,12,14,16-17,20,26,28,35H,9-11,13,15,33H2,1-4H3,(H,34,38)/t20-,26-,28+/m1/s1. The Hall–Kier alpha value is -3.25. The number of carbonyl (C=O) groups excluding carboxylic acids is 3. The first-order chi connectivity index (χ1) is 19.3. The number of halogens is 3. The van der Waals surface area contributed by atoms with Crippen LogP contribution in [0.3, 0.4) is 0 Å². The highest BCUT2D eigenvalue weighted by molar-refractivity contribution is 8.00. The van der Waals surface area contributed by atoms with E-state index in [1.54, 1.807) is 13.8 Å². The van der Waals surface area contributed by atoms with Crippen molar-refractivity contribution in [3.8, 4) is 0 Å². The van der Waals surface area contributed by atoms with Gasteiger partial charge in [-0.25, -0.2) is 18.0 Å². The van der Waals surface area contributed by atoms with Crippen molar-refractivity contribution in [3.63, 3.8) is 0 Å². The molecule has 0 spiro atoms. The number of nitrogens with zero attached hydrogens (tertiary/aromatic N) is 1. The number of carbonyl (C=O) groups is 3. The van der Waals surface area contributed by atoms with E-state index in [4.69, 9.17) is 10.5 Å². The third kappa shape index (κ3) is 9.12. The van der Waals surface area contributed by atoms with Crippen LogP contribution in [0.5, 0.6) is 0 Å². The third-order valence-corrected chi connectivity index (χ3v) is 7.66. The summed E-state index contributed by atoms with van der Waals surface area (Å²) >= 11 is 1.32. The molecule has 0 bridgehead atoms. The lowest BCUT2D eigenvalue weighted by atomic mass is 10.0. The van der Waals surface area contributed by atoms with Gasteiger partial charge in [-0.1, -0.05) is 26.0 Å². The van der Waals surface area contributed by atoms with Crippen molar-refractivity contribution in [2.75, 3.05) is 17.6 Å². The number of hydrogen-bond acceptors (Lipinski definition) is 7. The van der Waals surface area contributed by atoms with Gasteiger partial charge in [0.2, 0.25) is 5.91 Å². The van der Waals surface area contributed by atoms with Crippen molar-refractivity contribution in [1.82, 2.24) is 10.2 Å². The van der Waals surface area contributed by atoms with Crippen LogP contribution in [-0.2, 0) is 32.1 Å². The van der Waals surface area contributed by atoms with Crippen LogP contribution in [0.2, 0.25) is 0 Å². The maximum atomic E-state index is 14.0. The van der Waals surface area contributed by atoms with Crippen molar-refractivity contribution < 1.29 is 32.3 Å². The van der Waals surface area contributed by atoms with Crippen molar-refractivity contribution in [2.45, 2.75) is 70.6 Å². The molecule has 1 saturated heterocycles. The van der Waals surface area contributed by atoms with Crippen LogP contribution >= 0.6 is 11.8 Å². The van der Waals surface area contributed by atoms with Crippen molar-refractivity contribution in [3.05, 3.63) is 65.0 Å². The summed E-state index contributed by atoms with van der Waals surface area (Å²) in [6.07, 6.45) is -0.553. The molecule has 1 aliphatic rings. The molecule has 224 valence electrons. The second kappa shape index (κ2) is 14.6. The Morgan fingerprint density at radius 1 is 1.05 bits per heavy atom. The second-order valence-corrected chi connectivity index (χ2v) is 11.8. The third-order valence-electron chi connectivity index (χ3n) is 6.46. The number of nitrogens with one attached hydrogen (secondary N) is 2. The summed E-state index contributed by atoms with van der Waals surface area (Å²) in [5.41, 5.74) is 7.46. The molecule has 2 amide bonds. The molecule has 3 atom stereocenters. The minimum absolute atomic E-state index is 0.0106. The predicted molar refractivity (Wildman–Crippen MR) is 152 cm³/mol. The largest absolute Gasteiger partial charge is 0.461 e. The van der Waals surface area contributed by atoms with Crippen molar-refractivity contribution >= 4 is 35.2 Å². The second-order valence-electron chi connectivity index (χ2n) is 10.6. The highest BCUT2D eigenvalue weighted by Crippen LogP contribution is 2.26. The van der Waals surface area contributed by atoms with Crippen LogP contribution in [0.1, 0.15) is 45.2 Å². The minimum Gasteiger partial charge on any atom is -0.461 e. The van der Waals surface area contributed by atoms with E-state index >= 15 is 0 Å². The molecule has 4 N–H and O–H groups in total. The Kier molecular flexibility index (Phi) is 11.5. The Balaban J connectivity index is 1.52. The van der Waals surface area contributed by atoms with Gasteiger partial charge < -0.3 is 26.0 Å². The van der Waals surface area contributed by atoms with Gasteiger partial charge in [0.25, 0.3) is 5.91 Å². The van der Waals surface area contributed by atoms with Crippen LogP contribution < -0.4 is 16.4 Å². The molecule has 1 heterocycles. The summed E-state index contributed by atoms with van der Waals surface area (Å²) in [7, 11) is 0. The van der Waals surface area contributed by atoms with Crippen LogP contribution in [-0.4, -0.2) is 58.5 Å². The molecule has 1 fully saturated rings. The fourth-order valence-corrected chi connectivity index (χ4v) is 5.50. The van der Waals surface area contributed by atoms with Gasteiger partial charge in [-0.05, 0) is 55.5 Å². The van der Waals surface area contributed by atoms with Gasteiger partial charge in [-0.15, -0.1) is 11.8 Å². The molecule has 0 aliphatic carbocycles. The van der Waals surface area contributed by atoms with Crippen LogP contribution in [0.25, 0.3) is 0 Å². The Morgan fingerprint density at radius 2 is 1.71 bits per heavy atom. The molecule has 0 unspecified atom stereocenters. The van der Waals surface area contributed by atoms with E-state index in [9.17, 15) is 27.6 Å². The van der Waals surface area contributed by atoms with E-state index in [-0.39, 0.29) is 54.8 Å². The predicted octanol–water partition coefficient (Wildman–Crippen LogP) is 3.97. The number of rotatable bonds is 12. The molecule has 1 aliphatic heterocycles. The Labute approximate surface area is 242 Å². The quantitative estimate of drug-likeness (QED) is 0.252. The molecular formula is C29H37F3N4O4S. The average Bonchev–Trinajstić information content (AvgIpc) is 3.39. The fraction of sp³-hybridized carbons (Fsp3) is 0.483. The smallest absolute Gasteiger partial charge is 0.329 e. The lowest BCUT2D eigenvalue weighted by molar-refractivity contribution is -0.149. The minimum atomic E-state index is -1.30. The number of anilines is 1. The molecule has 0 aromatic heterocycles. The number of nitrogens with two attached hydrogens (primary N) is 1. The first kappa shape index (κ1) is 32.3. The highest BCUT2D eigenvalue weighted by Gasteiger charge is 2.35. The SMILES string of the molecule is CC(C)OC(=O)[C@H](Nc1ccc(CNC(=O)[C@@H]2SCCN2C(=O)C[C@H](N)Cc2cc(F)c(F)cc2F)cc1)C(C)C. The summed E-state index contributed by atoms with van der Waals surface area (Å²) in [5.74, 6) is -3.88. The van der Waals surface area contributed by atoms with Gasteiger partial charge in [-0.3, -0.25) is 9.59 Å². The molecule has 12 heteroatoms. The molecule has 0 saturated carbocycles. The number of ether oxygens (including phenoxy) is 1. The molecule has 0 radical (unpaired) electrons. The Morgan fingerprint density at radius 3 is 2.34 bits per heavy atom. The van der Waals surface area contributed by atoms with Gasteiger partial charge in [0, 0.05) is 43.1 Å². The van der Waals surface area contributed by atoms with E-state index in [1.165, 1.54) is 16.7 Å². The number of thioether (sulfide) groups is 1. The number of amides is 2. The summed E-state index contributed by atoms with van der Waals surface area (Å²) < 4.78 is 46.0. The van der Waals surface area contributed by atoms with E-state index in [0.29, 0.717) is 18.4 Å². The summed E-state index contributed by atoms with van der Waals surface area (Å²) in [6.45, 7) is 8.04. The molecule has 2 aromatic carbocycles. The van der Waals surface area contributed by atoms with Gasteiger partial charge >= 0.3 is 5.97 Å². The lowest BCUT2D eigenvalue weighted by Crippen LogP contribution is -2.46. The maximum Gasteiger partial charge on any atom is 0.329 e.